The minimum absolute atomic E-state index is 0.168. The molecule has 0 aliphatic heterocycles. The molecule has 0 aromatic heterocycles. The molecule has 5 saturated carbocycles. The maximum absolute atomic E-state index is 12.5. The van der Waals surface area contributed by atoms with Gasteiger partial charge in [-0.1, -0.05) is 20.8 Å². The van der Waals surface area contributed by atoms with E-state index in [0.717, 1.165) is 38.1 Å². The van der Waals surface area contributed by atoms with Crippen molar-refractivity contribution in [1.29, 1.82) is 0 Å². The summed E-state index contributed by atoms with van der Waals surface area (Å²) in [6.07, 6.45) is 11.6. The lowest BCUT2D eigenvalue weighted by molar-refractivity contribution is -0.174. The number of nitrogens with one attached hydrogen (secondary N) is 1. The van der Waals surface area contributed by atoms with Gasteiger partial charge in [0.25, 0.3) is 0 Å². The Morgan fingerprint density at radius 1 is 0.968 bits per heavy atom. The van der Waals surface area contributed by atoms with E-state index in [1.807, 2.05) is 0 Å². The number of rotatable bonds is 5. The number of aliphatic hydroxyl groups is 2. The summed E-state index contributed by atoms with van der Waals surface area (Å²) in [5, 5.41) is 24.8. The van der Waals surface area contributed by atoms with Crippen molar-refractivity contribution in [3.63, 3.8) is 0 Å². The Hall–Kier alpha value is -0.610. The van der Waals surface area contributed by atoms with Crippen molar-refractivity contribution in [1.82, 2.24) is 5.32 Å². The fourth-order valence-corrected chi connectivity index (χ4v) is 9.26. The fourth-order valence-electron chi connectivity index (χ4n) is 9.26. The predicted octanol–water partition coefficient (Wildman–Crippen LogP) is 4.53. The molecule has 5 fully saturated rings. The van der Waals surface area contributed by atoms with Crippen LogP contribution in [0, 0.1) is 52.3 Å². The highest BCUT2D eigenvalue weighted by molar-refractivity contribution is 5.76. The third kappa shape index (κ3) is 3.78. The summed E-state index contributed by atoms with van der Waals surface area (Å²) < 4.78 is 0. The number of fused-ring (bicyclic) bond motifs is 5. The molecule has 0 aromatic carbocycles. The van der Waals surface area contributed by atoms with Crippen molar-refractivity contribution >= 4 is 5.91 Å². The SMILES string of the molecule is C[C@H](CC(=O)NCC1CC1)[C@H]1CC[C@H]2[C@@H]3[C@@H](O)C[C@@H]4C[C@H](O)CC[C@]4(C)[C@H]3CC[C@]12C. The first-order chi connectivity index (χ1) is 14.7. The van der Waals surface area contributed by atoms with Crippen LogP contribution in [-0.2, 0) is 4.79 Å². The van der Waals surface area contributed by atoms with Crippen molar-refractivity contribution in [2.24, 2.45) is 52.3 Å². The molecule has 0 radical (unpaired) electrons. The summed E-state index contributed by atoms with van der Waals surface area (Å²) in [5.41, 5.74) is 0.548. The molecular weight excluding hydrogens is 386 g/mol. The van der Waals surface area contributed by atoms with E-state index in [9.17, 15) is 15.0 Å². The molecule has 5 aliphatic carbocycles. The highest BCUT2D eigenvalue weighted by Gasteiger charge is 2.62. The quantitative estimate of drug-likeness (QED) is 0.599. The predicted molar refractivity (Wildman–Crippen MR) is 122 cm³/mol. The zero-order valence-electron chi connectivity index (χ0n) is 20.0. The first kappa shape index (κ1) is 22.2. The Kier molecular flexibility index (Phi) is 5.73. The molecule has 0 heterocycles. The van der Waals surface area contributed by atoms with Gasteiger partial charge in [0.1, 0.15) is 0 Å². The van der Waals surface area contributed by atoms with Crippen LogP contribution in [0.1, 0.15) is 91.4 Å². The van der Waals surface area contributed by atoms with E-state index in [-0.39, 0.29) is 28.9 Å². The molecule has 5 rings (SSSR count). The third-order valence-corrected chi connectivity index (χ3v) is 11.2. The van der Waals surface area contributed by atoms with E-state index in [1.165, 1.54) is 38.5 Å². The molecule has 4 nitrogen and oxygen atoms in total. The number of aliphatic hydroxyl groups excluding tert-OH is 2. The molecule has 0 bridgehead atoms. The average molecular weight is 432 g/mol. The summed E-state index contributed by atoms with van der Waals surface area (Å²) in [6.45, 7) is 8.16. The van der Waals surface area contributed by atoms with Crippen LogP contribution in [0.2, 0.25) is 0 Å². The number of hydrogen-bond donors (Lipinski definition) is 3. The Balaban J connectivity index is 1.29. The van der Waals surface area contributed by atoms with Crippen LogP contribution in [0.3, 0.4) is 0 Å². The number of amides is 1. The highest BCUT2D eigenvalue weighted by Crippen LogP contribution is 2.68. The lowest BCUT2D eigenvalue weighted by atomic mass is 9.43. The van der Waals surface area contributed by atoms with Crippen molar-refractivity contribution in [2.45, 2.75) is 104 Å². The van der Waals surface area contributed by atoms with Gasteiger partial charge in [-0.25, -0.2) is 0 Å². The summed E-state index contributed by atoms with van der Waals surface area (Å²) in [7, 11) is 0. The van der Waals surface area contributed by atoms with Gasteiger partial charge in [-0.15, -0.1) is 0 Å². The highest BCUT2D eigenvalue weighted by atomic mass is 16.3. The molecule has 0 aromatic rings. The van der Waals surface area contributed by atoms with E-state index in [1.54, 1.807) is 0 Å². The second-order valence-corrected chi connectivity index (χ2v) is 12.9. The largest absolute Gasteiger partial charge is 0.393 e. The third-order valence-electron chi connectivity index (χ3n) is 11.2. The number of hydrogen-bond acceptors (Lipinski definition) is 3. The summed E-state index contributed by atoms with van der Waals surface area (Å²) in [6, 6.07) is 0. The smallest absolute Gasteiger partial charge is 0.220 e. The lowest BCUT2D eigenvalue weighted by Crippen LogP contribution is -2.58. The van der Waals surface area contributed by atoms with Crippen LogP contribution in [0.5, 0.6) is 0 Å². The van der Waals surface area contributed by atoms with Gasteiger partial charge in [0, 0.05) is 13.0 Å². The fraction of sp³-hybridized carbons (Fsp3) is 0.963. The van der Waals surface area contributed by atoms with Crippen LogP contribution in [0.4, 0.5) is 0 Å². The molecule has 0 saturated heterocycles. The maximum atomic E-state index is 12.5. The van der Waals surface area contributed by atoms with Crippen LogP contribution < -0.4 is 5.32 Å². The monoisotopic (exact) mass is 431 g/mol. The number of carbonyl (C=O) groups is 1. The van der Waals surface area contributed by atoms with Crippen LogP contribution in [0.15, 0.2) is 0 Å². The summed E-state index contributed by atoms with van der Waals surface area (Å²) in [5.74, 6) is 4.07. The van der Waals surface area contributed by atoms with Crippen molar-refractivity contribution in [3.8, 4) is 0 Å². The van der Waals surface area contributed by atoms with Crippen LogP contribution >= 0.6 is 0 Å². The molecular formula is C27H45NO3. The normalized spacial score (nSPS) is 50.2. The molecule has 3 N–H and O–H groups in total. The molecule has 0 spiro atoms. The Bertz CT molecular complexity index is 692. The van der Waals surface area contributed by atoms with Gasteiger partial charge in [0.15, 0.2) is 0 Å². The molecule has 0 unspecified atom stereocenters. The maximum Gasteiger partial charge on any atom is 0.220 e. The van der Waals surface area contributed by atoms with Crippen molar-refractivity contribution in [3.05, 3.63) is 0 Å². The van der Waals surface area contributed by atoms with Gasteiger partial charge in [0.05, 0.1) is 12.2 Å². The van der Waals surface area contributed by atoms with Gasteiger partial charge >= 0.3 is 0 Å². The number of carbonyl (C=O) groups excluding carboxylic acids is 1. The van der Waals surface area contributed by atoms with E-state index >= 15 is 0 Å². The topological polar surface area (TPSA) is 69.6 Å². The van der Waals surface area contributed by atoms with Gasteiger partial charge in [-0.3, -0.25) is 4.79 Å². The second kappa shape index (κ2) is 8.01. The molecule has 4 heteroatoms. The molecule has 31 heavy (non-hydrogen) atoms. The molecule has 5 aliphatic rings. The summed E-state index contributed by atoms with van der Waals surface area (Å²) >= 11 is 0. The zero-order chi connectivity index (χ0) is 22.0. The average Bonchev–Trinajstić information content (AvgIpc) is 3.47. The first-order valence-corrected chi connectivity index (χ1v) is 13.3. The Labute approximate surface area is 188 Å². The van der Waals surface area contributed by atoms with Crippen LogP contribution in [0.25, 0.3) is 0 Å². The van der Waals surface area contributed by atoms with Crippen molar-refractivity contribution in [2.75, 3.05) is 6.54 Å². The Morgan fingerprint density at radius 3 is 2.42 bits per heavy atom. The Morgan fingerprint density at radius 2 is 1.68 bits per heavy atom. The van der Waals surface area contributed by atoms with E-state index in [4.69, 9.17) is 0 Å². The minimum Gasteiger partial charge on any atom is -0.393 e. The van der Waals surface area contributed by atoms with E-state index in [2.05, 4.69) is 26.1 Å². The van der Waals surface area contributed by atoms with Gasteiger partial charge in [0.2, 0.25) is 5.91 Å². The van der Waals surface area contributed by atoms with Gasteiger partial charge < -0.3 is 15.5 Å². The molecule has 10 atom stereocenters. The van der Waals surface area contributed by atoms with E-state index in [0.29, 0.717) is 41.9 Å². The lowest BCUT2D eigenvalue weighted by Gasteiger charge is -2.62. The van der Waals surface area contributed by atoms with Gasteiger partial charge in [-0.2, -0.15) is 0 Å². The standard InChI is InChI=1S/C27H45NO3/c1-16(12-24(31)28-15-17-4-5-17)20-6-7-21-25-22(9-11-27(20,21)3)26(2)10-8-19(29)13-18(26)14-23(25)30/h16-23,25,29-30H,4-15H2,1-3H3,(H,28,31)/t16-,18+,19-,20-,21+,22+,23+,25+,26+,27-/m1/s1. The summed E-state index contributed by atoms with van der Waals surface area (Å²) in [4.78, 5) is 12.5. The second-order valence-electron chi connectivity index (χ2n) is 12.9. The minimum atomic E-state index is -0.214. The van der Waals surface area contributed by atoms with Crippen molar-refractivity contribution < 1.29 is 15.0 Å². The van der Waals surface area contributed by atoms with Gasteiger partial charge in [-0.05, 0) is 116 Å². The molecule has 1 amide bonds. The zero-order valence-corrected chi connectivity index (χ0v) is 20.0. The molecule has 176 valence electrons. The first-order valence-electron chi connectivity index (χ1n) is 13.3. The van der Waals surface area contributed by atoms with E-state index < -0.39 is 0 Å². The van der Waals surface area contributed by atoms with Crippen LogP contribution in [-0.4, -0.2) is 34.9 Å².